The molecule has 2 heterocycles. The Balaban J connectivity index is 2.95. The van der Waals surface area contributed by atoms with Crippen molar-refractivity contribution < 1.29 is 0 Å². The summed E-state index contributed by atoms with van der Waals surface area (Å²) in [5, 5.41) is 4.46. The maximum atomic E-state index is 5.73. The number of fused-ring (bicyclic) bond motifs is 1. The zero-order valence-corrected chi connectivity index (χ0v) is 5.78. The lowest BCUT2D eigenvalue weighted by Gasteiger charge is -1.91. The lowest BCUT2D eigenvalue weighted by atomic mass is 10.5. The third kappa shape index (κ3) is 0.675. The third-order valence-electron chi connectivity index (χ3n) is 1.28. The van der Waals surface area contributed by atoms with E-state index >= 15 is 0 Å². The zero-order chi connectivity index (χ0) is 6.97. The molecule has 2 aromatic rings. The van der Waals surface area contributed by atoms with Crippen LogP contribution in [0.1, 0.15) is 0 Å². The second-order valence-corrected chi connectivity index (χ2v) is 2.24. The molecular formula is C6H4ClN3. The maximum absolute atomic E-state index is 5.73. The average Bonchev–Trinajstić information content (AvgIpc) is 2.36. The van der Waals surface area contributed by atoms with Crippen LogP contribution in [-0.4, -0.2) is 14.6 Å². The molecule has 50 valence electrons. The summed E-state index contributed by atoms with van der Waals surface area (Å²) >= 11 is 5.73. The number of nitrogens with zero attached hydrogens (tertiary/aromatic N) is 3. The second kappa shape index (κ2) is 1.95. The highest BCUT2D eigenvalue weighted by Crippen LogP contribution is 2.11. The van der Waals surface area contributed by atoms with Crippen LogP contribution in [0.3, 0.4) is 0 Å². The molecule has 0 aromatic carbocycles. The highest BCUT2D eigenvalue weighted by molar-refractivity contribution is 6.32. The molecule has 0 N–H and O–H groups in total. The van der Waals surface area contributed by atoms with Gasteiger partial charge in [-0.3, -0.25) is 0 Å². The van der Waals surface area contributed by atoms with E-state index in [1.54, 1.807) is 23.1 Å². The Morgan fingerprint density at radius 2 is 2.30 bits per heavy atom. The molecule has 3 nitrogen and oxygen atoms in total. The number of rotatable bonds is 0. The van der Waals surface area contributed by atoms with Crippen LogP contribution in [0.4, 0.5) is 0 Å². The molecular weight excluding hydrogens is 150 g/mol. The Bertz CT molecular complexity index is 355. The van der Waals surface area contributed by atoms with Gasteiger partial charge in [0.25, 0.3) is 0 Å². The van der Waals surface area contributed by atoms with Crippen LogP contribution in [0.2, 0.25) is 5.15 Å². The summed E-state index contributed by atoms with van der Waals surface area (Å²) < 4.78 is 1.68. The second-order valence-electron chi connectivity index (χ2n) is 1.88. The van der Waals surface area contributed by atoms with Crippen LogP contribution in [0.25, 0.3) is 5.52 Å². The first-order chi connectivity index (χ1) is 4.88. The first-order valence-corrected chi connectivity index (χ1v) is 3.19. The Morgan fingerprint density at radius 1 is 1.40 bits per heavy atom. The Hall–Kier alpha value is -1.09. The number of halogens is 1. The highest BCUT2D eigenvalue weighted by Gasteiger charge is 1.96. The van der Waals surface area contributed by atoms with Crippen molar-refractivity contribution >= 4 is 17.1 Å². The van der Waals surface area contributed by atoms with Gasteiger partial charge in [0.05, 0.1) is 6.20 Å². The van der Waals surface area contributed by atoms with Crippen molar-refractivity contribution in [3.63, 3.8) is 0 Å². The van der Waals surface area contributed by atoms with Gasteiger partial charge in [0, 0.05) is 12.4 Å². The van der Waals surface area contributed by atoms with Gasteiger partial charge in [-0.2, -0.15) is 5.10 Å². The van der Waals surface area contributed by atoms with Crippen molar-refractivity contribution in [1.29, 1.82) is 0 Å². The molecule has 0 amide bonds. The molecule has 0 unspecified atom stereocenters. The first-order valence-electron chi connectivity index (χ1n) is 2.82. The van der Waals surface area contributed by atoms with Gasteiger partial charge in [0.1, 0.15) is 5.52 Å². The Labute approximate surface area is 62.3 Å². The van der Waals surface area contributed by atoms with Crippen LogP contribution in [-0.2, 0) is 0 Å². The summed E-state index contributed by atoms with van der Waals surface area (Å²) in [6.07, 6.45) is 5.05. The highest BCUT2D eigenvalue weighted by atomic mass is 35.5. The van der Waals surface area contributed by atoms with Crippen molar-refractivity contribution in [2.45, 2.75) is 0 Å². The third-order valence-corrected chi connectivity index (χ3v) is 1.57. The van der Waals surface area contributed by atoms with Crippen LogP contribution < -0.4 is 0 Å². The van der Waals surface area contributed by atoms with Crippen molar-refractivity contribution in [3.8, 4) is 0 Å². The minimum absolute atomic E-state index is 0.486. The van der Waals surface area contributed by atoms with Gasteiger partial charge in [0.2, 0.25) is 0 Å². The molecule has 2 rings (SSSR count). The molecule has 0 bridgehead atoms. The summed E-state index contributed by atoms with van der Waals surface area (Å²) in [4.78, 5) is 3.88. The van der Waals surface area contributed by atoms with Gasteiger partial charge < -0.3 is 0 Å². The summed E-state index contributed by atoms with van der Waals surface area (Å²) in [6, 6.07) is 1.81. The summed E-state index contributed by atoms with van der Waals surface area (Å²) in [7, 11) is 0. The quantitative estimate of drug-likeness (QED) is 0.573. The molecule has 0 saturated carbocycles. The summed E-state index contributed by atoms with van der Waals surface area (Å²) in [6.45, 7) is 0. The fraction of sp³-hybridized carbons (Fsp3) is 0. The number of hydrogen-bond donors (Lipinski definition) is 0. The van der Waals surface area contributed by atoms with E-state index in [9.17, 15) is 0 Å². The minimum Gasteiger partial charge on any atom is -0.241 e. The molecule has 0 fully saturated rings. The van der Waals surface area contributed by atoms with E-state index in [1.807, 2.05) is 6.07 Å². The molecule has 0 aliphatic heterocycles. The predicted molar refractivity (Wildman–Crippen MR) is 38.0 cm³/mol. The van der Waals surface area contributed by atoms with E-state index in [4.69, 9.17) is 11.6 Å². The lowest BCUT2D eigenvalue weighted by molar-refractivity contribution is 0.946. The smallest absolute Gasteiger partial charge is 0.154 e. The van der Waals surface area contributed by atoms with Crippen LogP contribution in [0.5, 0.6) is 0 Å². The fourth-order valence-corrected chi connectivity index (χ4v) is 1.03. The largest absolute Gasteiger partial charge is 0.241 e. The maximum Gasteiger partial charge on any atom is 0.154 e. The number of hydrogen-bond acceptors (Lipinski definition) is 2. The molecule has 0 radical (unpaired) electrons. The number of aromatic nitrogens is 3. The van der Waals surface area contributed by atoms with E-state index in [-0.39, 0.29) is 0 Å². The fourth-order valence-electron chi connectivity index (χ4n) is 0.824. The topological polar surface area (TPSA) is 30.2 Å². The van der Waals surface area contributed by atoms with Gasteiger partial charge in [0.15, 0.2) is 5.15 Å². The van der Waals surface area contributed by atoms with Crippen LogP contribution >= 0.6 is 11.6 Å². The predicted octanol–water partition coefficient (Wildman–Crippen LogP) is 1.38. The minimum atomic E-state index is 0.486. The van der Waals surface area contributed by atoms with Gasteiger partial charge >= 0.3 is 0 Å². The van der Waals surface area contributed by atoms with E-state index in [1.165, 1.54) is 0 Å². The van der Waals surface area contributed by atoms with E-state index < -0.39 is 0 Å². The molecule has 4 heteroatoms. The molecule has 0 saturated heterocycles. The molecule has 0 aliphatic rings. The van der Waals surface area contributed by atoms with E-state index in [2.05, 4.69) is 10.1 Å². The van der Waals surface area contributed by atoms with Gasteiger partial charge in [-0.1, -0.05) is 11.6 Å². The van der Waals surface area contributed by atoms with E-state index in [0.717, 1.165) is 5.52 Å². The molecule has 2 aromatic heterocycles. The Kier molecular flexibility index (Phi) is 1.11. The molecule has 0 spiro atoms. The van der Waals surface area contributed by atoms with Gasteiger partial charge in [-0.25, -0.2) is 9.50 Å². The van der Waals surface area contributed by atoms with E-state index in [0.29, 0.717) is 5.15 Å². The van der Waals surface area contributed by atoms with Crippen LogP contribution in [0, 0.1) is 0 Å². The van der Waals surface area contributed by atoms with Crippen LogP contribution in [0.15, 0.2) is 24.7 Å². The van der Waals surface area contributed by atoms with Crippen molar-refractivity contribution in [2.75, 3.05) is 0 Å². The lowest BCUT2D eigenvalue weighted by Crippen LogP contribution is -1.86. The summed E-state index contributed by atoms with van der Waals surface area (Å²) in [5.74, 6) is 0. The molecule has 0 atom stereocenters. The molecule has 0 aliphatic carbocycles. The molecule has 10 heavy (non-hydrogen) atoms. The zero-order valence-electron chi connectivity index (χ0n) is 5.03. The van der Waals surface area contributed by atoms with Crippen molar-refractivity contribution in [3.05, 3.63) is 29.8 Å². The van der Waals surface area contributed by atoms with Crippen molar-refractivity contribution in [1.82, 2.24) is 14.6 Å². The summed E-state index contributed by atoms with van der Waals surface area (Å²) in [5.41, 5.74) is 0.837. The van der Waals surface area contributed by atoms with Gasteiger partial charge in [-0.15, -0.1) is 0 Å². The Morgan fingerprint density at radius 3 is 3.10 bits per heavy atom. The van der Waals surface area contributed by atoms with Gasteiger partial charge in [-0.05, 0) is 6.07 Å². The first kappa shape index (κ1) is 5.68. The SMILES string of the molecule is Clc1nccn2nccc12. The normalized spacial score (nSPS) is 10.5. The monoisotopic (exact) mass is 153 g/mol. The van der Waals surface area contributed by atoms with Crippen molar-refractivity contribution in [2.24, 2.45) is 0 Å². The standard InChI is InChI=1S/C6H4ClN3/c7-6-5-1-2-9-10(5)4-3-8-6/h1-4H. The average molecular weight is 154 g/mol.